The van der Waals surface area contributed by atoms with Gasteiger partial charge in [-0.2, -0.15) is 0 Å². The van der Waals surface area contributed by atoms with Gasteiger partial charge < -0.3 is 20.3 Å². The van der Waals surface area contributed by atoms with Crippen molar-refractivity contribution >= 4 is 5.96 Å². The van der Waals surface area contributed by atoms with Crippen LogP contribution in [0.1, 0.15) is 37.3 Å². The van der Waals surface area contributed by atoms with Crippen molar-refractivity contribution in [2.45, 2.75) is 45.6 Å². The Labute approximate surface area is 158 Å². The first-order valence-electron chi connectivity index (χ1n) is 9.88. The lowest BCUT2D eigenvalue weighted by molar-refractivity contribution is 0.155. The fourth-order valence-electron chi connectivity index (χ4n) is 3.32. The molecule has 0 bridgehead atoms. The van der Waals surface area contributed by atoms with Crippen LogP contribution < -0.4 is 10.6 Å². The van der Waals surface area contributed by atoms with Crippen LogP contribution in [0, 0.1) is 6.92 Å². The summed E-state index contributed by atoms with van der Waals surface area (Å²) in [7, 11) is 1.77. The van der Waals surface area contributed by atoms with Crippen LogP contribution >= 0.6 is 0 Å². The Morgan fingerprint density at radius 1 is 1.38 bits per heavy atom. The molecule has 1 aromatic rings. The standard InChI is InChI=1S/C20H35N5O/c1-4-22-20(23-11-7-18-6-10-21-16-17(18)2)24-19-8-13-25(14-9-19)12-5-15-26-3/h6,10,16,19H,4-5,7-9,11-15H2,1-3H3,(H2,22,23,24). The van der Waals surface area contributed by atoms with Gasteiger partial charge in [-0.05, 0) is 56.7 Å². The number of hydrogen-bond acceptors (Lipinski definition) is 4. The number of aromatic nitrogens is 1. The van der Waals surface area contributed by atoms with Gasteiger partial charge >= 0.3 is 0 Å². The minimum absolute atomic E-state index is 0.508. The fraction of sp³-hybridized carbons (Fsp3) is 0.700. The minimum Gasteiger partial charge on any atom is -0.385 e. The third-order valence-corrected chi connectivity index (χ3v) is 4.88. The molecule has 0 amide bonds. The average Bonchev–Trinajstić information content (AvgIpc) is 2.65. The van der Waals surface area contributed by atoms with Gasteiger partial charge in [0.2, 0.25) is 0 Å². The van der Waals surface area contributed by atoms with E-state index in [1.165, 1.54) is 24.0 Å². The summed E-state index contributed by atoms with van der Waals surface area (Å²) < 4.78 is 5.14. The number of pyridine rings is 1. The quantitative estimate of drug-likeness (QED) is 0.400. The van der Waals surface area contributed by atoms with Crippen molar-refractivity contribution in [2.75, 3.05) is 46.4 Å². The van der Waals surface area contributed by atoms with E-state index in [9.17, 15) is 0 Å². The molecule has 26 heavy (non-hydrogen) atoms. The summed E-state index contributed by atoms with van der Waals surface area (Å²) in [5.74, 6) is 0.942. The Balaban J connectivity index is 1.76. The molecular formula is C20H35N5O. The van der Waals surface area contributed by atoms with Crippen molar-refractivity contribution < 1.29 is 4.74 Å². The molecule has 0 unspecified atom stereocenters. The minimum atomic E-state index is 0.508. The Morgan fingerprint density at radius 3 is 2.88 bits per heavy atom. The molecule has 6 heteroatoms. The molecule has 0 spiro atoms. The Kier molecular flexibility index (Phi) is 9.42. The molecule has 146 valence electrons. The van der Waals surface area contributed by atoms with Crippen molar-refractivity contribution in [3.63, 3.8) is 0 Å². The number of aryl methyl sites for hydroxylation is 1. The van der Waals surface area contributed by atoms with Crippen molar-refractivity contribution in [1.82, 2.24) is 20.5 Å². The number of nitrogens with one attached hydrogen (secondary N) is 2. The van der Waals surface area contributed by atoms with Gasteiger partial charge in [0.1, 0.15) is 0 Å². The molecule has 0 saturated carbocycles. The Bertz CT molecular complexity index is 541. The van der Waals surface area contributed by atoms with E-state index in [1.54, 1.807) is 7.11 Å². The van der Waals surface area contributed by atoms with E-state index in [-0.39, 0.29) is 0 Å². The highest BCUT2D eigenvalue weighted by Gasteiger charge is 2.19. The van der Waals surface area contributed by atoms with Gasteiger partial charge in [0.05, 0.1) is 0 Å². The second-order valence-corrected chi connectivity index (χ2v) is 6.92. The number of guanidine groups is 1. The van der Waals surface area contributed by atoms with E-state index in [0.29, 0.717) is 6.04 Å². The lowest BCUT2D eigenvalue weighted by atomic mass is 10.1. The monoisotopic (exact) mass is 361 g/mol. The molecule has 6 nitrogen and oxygen atoms in total. The second-order valence-electron chi connectivity index (χ2n) is 6.92. The third-order valence-electron chi connectivity index (χ3n) is 4.88. The van der Waals surface area contributed by atoms with E-state index in [4.69, 9.17) is 9.73 Å². The summed E-state index contributed by atoms with van der Waals surface area (Å²) in [5.41, 5.74) is 2.56. The molecule has 1 fully saturated rings. The van der Waals surface area contributed by atoms with Crippen LogP contribution in [-0.4, -0.2) is 68.3 Å². The zero-order valence-corrected chi connectivity index (χ0v) is 16.6. The summed E-state index contributed by atoms with van der Waals surface area (Å²) in [6.45, 7) is 10.2. The van der Waals surface area contributed by atoms with Crippen LogP contribution in [0.4, 0.5) is 0 Å². The van der Waals surface area contributed by atoms with Gasteiger partial charge in [-0.25, -0.2) is 0 Å². The molecule has 0 radical (unpaired) electrons. The lowest BCUT2D eigenvalue weighted by Gasteiger charge is -2.33. The number of rotatable bonds is 9. The topological polar surface area (TPSA) is 61.8 Å². The zero-order valence-electron chi connectivity index (χ0n) is 16.6. The molecule has 2 rings (SSSR count). The summed E-state index contributed by atoms with van der Waals surface area (Å²) in [4.78, 5) is 11.5. The summed E-state index contributed by atoms with van der Waals surface area (Å²) in [6.07, 6.45) is 8.18. The van der Waals surface area contributed by atoms with E-state index < -0.39 is 0 Å². The largest absolute Gasteiger partial charge is 0.385 e. The van der Waals surface area contributed by atoms with Crippen LogP contribution in [0.25, 0.3) is 0 Å². The third kappa shape index (κ3) is 7.30. The van der Waals surface area contributed by atoms with Crippen LogP contribution in [0.15, 0.2) is 23.5 Å². The maximum Gasteiger partial charge on any atom is 0.191 e. The predicted octanol–water partition coefficient (Wildman–Crippen LogP) is 1.99. The molecule has 0 aliphatic carbocycles. The molecule has 0 atom stereocenters. The molecule has 1 aliphatic rings. The molecule has 1 saturated heterocycles. The average molecular weight is 362 g/mol. The summed E-state index contributed by atoms with van der Waals surface area (Å²) in [5, 5.41) is 7.00. The van der Waals surface area contributed by atoms with Gasteiger partial charge in [0.25, 0.3) is 0 Å². The molecule has 0 aromatic carbocycles. The van der Waals surface area contributed by atoms with Crippen molar-refractivity contribution in [3.8, 4) is 0 Å². The van der Waals surface area contributed by atoms with E-state index in [2.05, 4.69) is 40.4 Å². The van der Waals surface area contributed by atoms with Crippen LogP contribution in [0.3, 0.4) is 0 Å². The van der Waals surface area contributed by atoms with E-state index in [1.807, 2.05) is 12.4 Å². The number of hydrogen-bond donors (Lipinski definition) is 2. The fourth-order valence-corrected chi connectivity index (χ4v) is 3.32. The van der Waals surface area contributed by atoms with Crippen LogP contribution in [-0.2, 0) is 11.2 Å². The maximum absolute atomic E-state index is 5.14. The van der Waals surface area contributed by atoms with Gasteiger partial charge in [0.15, 0.2) is 5.96 Å². The van der Waals surface area contributed by atoms with Crippen molar-refractivity contribution in [2.24, 2.45) is 4.99 Å². The maximum atomic E-state index is 5.14. The van der Waals surface area contributed by atoms with Crippen LogP contribution in [0.2, 0.25) is 0 Å². The Morgan fingerprint density at radius 2 is 2.19 bits per heavy atom. The lowest BCUT2D eigenvalue weighted by Crippen LogP contribution is -2.49. The first-order chi connectivity index (χ1) is 12.7. The summed E-state index contributed by atoms with van der Waals surface area (Å²) in [6, 6.07) is 2.60. The van der Waals surface area contributed by atoms with Crippen molar-refractivity contribution in [1.29, 1.82) is 0 Å². The number of likely N-dealkylation sites (tertiary alicyclic amines) is 1. The predicted molar refractivity (Wildman–Crippen MR) is 108 cm³/mol. The first-order valence-corrected chi connectivity index (χ1v) is 9.88. The summed E-state index contributed by atoms with van der Waals surface area (Å²) >= 11 is 0. The zero-order chi connectivity index (χ0) is 18.6. The smallest absolute Gasteiger partial charge is 0.191 e. The first kappa shape index (κ1) is 20.6. The Hall–Kier alpha value is -1.66. The number of piperidine rings is 1. The van der Waals surface area contributed by atoms with Crippen LogP contribution in [0.5, 0.6) is 0 Å². The highest BCUT2D eigenvalue weighted by atomic mass is 16.5. The highest BCUT2D eigenvalue weighted by molar-refractivity contribution is 5.80. The highest BCUT2D eigenvalue weighted by Crippen LogP contribution is 2.11. The SMILES string of the molecule is CCNC(=NCCc1ccncc1C)NC1CCN(CCCOC)CC1. The van der Waals surface area contributed by atoms with E-state index >= 15 is 0 Å². The van der Waals surface area contributed by atoms with Gasteiger partial charge in [0, 0.05) is 64.9 Å². The van der Waals surface area contributed by atoms with Gasteiger partial charge in [-0.15, -0.1) is 0 Å². The molecule has 1 aliphatic heterocycles. The van der Waals surface area contributed by atoms with Gasteiger partial charge in [-0.3, -0.25) is 9.98 Å². The van der Waals surface area contributed by atoms with Crippen molar-refractivity contribution in [3.05, 3.63) is 29.6 Å². The number of ether oxygens (including phenoxy) is 1. The number of nitrogens with zero attached hydrogens (tertiary/aromatic N) is 3. The number of methoxy groups -OCH3 is 1. The van der Waals surface area contributed by atoms with E-state index in [0.717, 1.165) is 58.1 Å². The molecule has 1 aromatic heterocycles. The normalized spacial score (nSPS) is 16.7. The molecule has 2 heterocycles. The molecule has 2 N–H and O–H groups in total. The second kappa shape index (κ2) is 11.9. The molecular weight excluding hydrogens is 326 g/mol. The van der Waals surface area contributed by atoms with Gasteiger partial charge in [-0.1, -0.05) is 0 Å². The number of aliphatic imine (C=N–C) groups is 1.